The van der Waals surface area contributed by atoms with Gasteiger partial charge in [0.25, 0.3) is 11.6 Å². The van der Waals surface area contributed by atoms with Crippen LogP contribution in [-0.4, -0.2) is 47.2 Å². The molecule has 0 radical (unpaired) electrons. The molecule has 11 heteroatoms. The van der Waals surface area contributed by atoms with Gasteiger partial charge in [0, 0.05) is 24.2 Å². The van der Waals surface area contributed by atoms with Gasteiger partial charge in [0.05, 0.1) is 33.7 Å². The molecule has 0 bridgehead atoms. The Labute approximate surface area is 182 Å². The van der Waals surface area contributed by atoms with E-state index in [9.17, 15) is 24.5 Å². The Morgan fingerprint density at radius 2 is 1.73 bits per heavy atom. The molecule has 2 rings (SSSR count). The fourth-order valence-corrected chi connectivity index (χ4v) is 2.97. The number of nitrogens with zero attached hydrogens (tertiary/aromatic N) is 2. The molecule has 0 aliphatic heterocycles. The number of amides is 3. The zero-order valence-corrected chi connectivity index (χ0v) is 17.4. The summed E-state index contributed by atoms with van der Waals surface area (Å²) < 4.78 is 0. The quantitative estimate of drug-likeness (QED) is 0.470. The Hall–Kier alpha value is -3.17. The van der Waals surface area contributed by atoms with Crippen molar-refractivity contribution < 1.29 is 19.3 Å². The van der Waals surface area contributed by atoms with Crippen LogP contribution < -0.4 is 10.6 Å². The molecule has 0 spiro atoms. The highest BCUT2D eigenvalue weighted by atomic mass is 35.5. The van der Waals surface area contributed by atoms with Crippen LogP contribution in [0, 0.1) is 10.1 Å². The summed E-state index contributed by atoms with van der Waals surface area (Å²) in [5.74, 6) is -1.66. The van der Waals surface area contributed by atoms with Gasteiger partial charge in [0.15, 0.2) is 0 Å². The van der Waals surface area contributed by atoms with E-state index >= 15 is 0 Å². The molecule has 0 saturated heterocycles. The van der Waals surface area contributed by atoms with Gasteiger partial charge >= 0.3 is 0 Å². The minimum atomic E-state index is -0.643. The van der Waals surface area contributed by atoms with Crippen molar-refractivity contribution in [2.45, 2.75) is 6.92 Å². The highest BCUT2D eigenvalue weighted by molar-refractivity contribution is 6.39. The molecule has 30 heavy (non-hydrogen) atoms. The lowest BCUT2D eigenvalue weighted by Gasteiger charge is -2.21. The third-order valence-electron chi connectivity index (χ3n) is 4.02. The zero-order valence-electron chi connectivity index (χ0n) is 15.9. The molecule has 0 atom stereocenters. The highest BCUT2D eigenvalue weighted by Gasteiger charge is 2.19. The van der Waals surface area contributed by atoms with Crippen molar-refractivity contribution in [2.24, 2.45) is 0 Å². The van der Waals surface area contributed by atoms with Gasteiger partial charge in [-0.1, -0.05) is 35.3 Å². The second-order valence-electron chi connectivity index (χ2n) is 6.04. The summed E-state index contributed by atoms with van der Waals surface area (Å²) in [5.41, 5.74) is 0.0542. The molecule has 9 nitrogen and oxygen atoms in total. The predicted octanol–water partition coefficient (Wildman–Crippen LogP) is 3.12. The molecule has 0 aliphatic carbocycles. The van der Waals surface area contributed by atoms with Crippen LogP contribution in [0.1, 0.15) is 17.3 Å². The van der Waals surface area contributed by atoms with Crippen molar-refractivity contribution in [3.8, 4) is 0 Å². The van der Waals surface area contributed by atoms with Gasteiger partial charge in [-0.05, 0) is 25.1 Å². The van der Waals surface area contributed by atoms with Crippen LogP contribution in [0.2, 0.25) is 10.0 Å². The molecule has 158 valence electrons. The van der Waals surface area contributed by atoms with Crippen LogP contribution >= 0.6 is 23.2 Å². The van der Waals surface area contributed by atoms with Gasteiger partial charge in [0.1, 0.15) is 0 Å². The molecule has 0 unspecified atom stereocenters. The van der Waals surface area contributed by atoms with Crippen molar-refractivity contribution >= 4 is 52.3 Å². The van der Waals surface area contributed by atoms with E-state index in [0.29, 0.717) is 0 Å². The third-order valence-corrected chi connectivity index (χ3v) is 4.65. The number of para-hydroxylation sites is 1. The number of benzene rings is 2. The van der Waals surface area contributed by atoms with Crippen molar-refractivity contribution in [2.75, 3.05) is 25.0 Å². The van der Waals surface area contributed by atoms with E-state index in [2.05, 4.69) is 10.6 Å². The first kappa shape index (κ1) is 23.1. The number of nitro groups is 1. The first-order valence-corrected chi connectivity index (χ1v) is 9.52. The molecule has 3 amide bonds. The van der Waals surface area contributed by atoms with Crippen molar-refractivity contribution in [3.05, 3.63) is 68.2 Å². The number of carbonyl (C=O) groups is 3. The van der Waals surface area contributed by atoms with E-state index in [0.717, 1.165) is 6.07 Å². The summed E-state index contributed by atoms with van der Waals surface area (Å²) in [5, 5.41) is 16.3. The van der Waals surface area contributed by atoms with Gasteiger partial charge in [-0.3, -0.25) is 24.5 Å². The van der Waals surface area contributed by atoms with Gasteiger partial charge in [-0.15, -0.1) is 0 Å². The van der Waals surface area contributed by atoms with E-state index in [-0.39, 0.29) is 46.6 Å². The normalized spacial score (nSPS) is 10.2. The lowest BCUT2D eigenvalue weighted by atomic mass is 10.2. The van der Waals surface area contributed by atoms with Crippen LogP contribution in [0.4, 0.5) is 11.4 Å². The van der Waals surface area contributed by atoms with Gasteiger partial charge in [-0.2, -0.15) is 0 Å². The Morgan fingerprint density at radius 3 is 2.33 bits per heavy atom. The lowest BCUT2D eigenvalue weighted by Crippen LogP contribution is -2.43. The van der Waals surface area contributed by atoms with Crippen LogP contribution in [-0.2, 0) is 9.59 Å². The minimum Gasteiger partial charge on any atom is -0.343 e. The molecular weight excluding hydrogens is 435 g/mol. The predicted molar refractivity (Wildman–Crippen MR) is 113 cm³/mol. The van der Waals surface area contributed by atoms with Crippen molar-refractivity contribution in [1.82, 2.24) is 10.2 Å². The number of halogens is 2. The number of hydrogen-bond acceptors (Lipinski definition) is 5. The van der Waals surface area contributed by atoms with Crippen LogP contribution in [0.25, 0.3) is 0 Å². The first-order chi connectivity index (χ1) is 14.2. The summed E-state index contributed by atoms with van der Waals surface area (Å²) in [6, 6.07) is 9.89. The van der Waals surface area contributed by atoms with Gasteiger partial charge < -0.3 is 15.5 Å². The Morgan fingerprint density at radius 1 is 1.10 bits per heavy atom. The standard InChI is InChI=1S/C19H18Cl2N4O5/c1-2-24(11-16(26)23-18-14(20)7-4-8-15(18)21)17(27)10-22-19(28)12-5-3-6-13(9-12)25(29)30/h3-9H,2,10-11H2,1H3,(H,22,28)(H,23,26). The van der Waals surface area contributed by atoms with E-state index < -0.39 is 22.6 Å². The van der Waals surface area contributed by atoms with Crippen LogP contribution in [0.3, 0.4) is 0 Å². The van der Waals surface area contributed by atoms with Crippen LogP contribution in [0.5, 0.6) is 0 Å². The van der Waals surface area contributed by atoms with Crippen molar-refractivity contribution in [1.29, 1.82) is 0 Å². The minimum absolute atomic E-state index is 0.0474. The Balaban J connectivity index is 1.94. The number of hydrogen-bond donors (Lipinski definition) is 2. The Kier molecular flexibility index (Phi) is 8.14. The number of non-ortho nitro benzene ring substituents is 1. The van der Waals surface area contributed by atoms with Crippen molar-refractivity contribution in [3.63, 3.8) is 0 Å². The number of carbonyl (C=O) groups excluding carboxylic acids is 3. The SMILES string of the molecule is CCN(CC(=O)Nc1c(Cl)cccc1Cl)C(=O)CNC(=O)c1cccc([N+](=O)[O-])c1. The largest absolute Gasteiger partial charge is 0.343 e. The number of nitro benzene ring substituents is 1. The summed E-state index contributed by atoms with van der Waals surface area (Å²) in [4.78, 5) is 48.2. The topological polar surface area (TPSA) is 122 Å². The molecule has 0 aliphatic rings. The molecule has 0 saturated carbocycles. The van der Waals surface area contributed by atoms with Gasteiger partial charge in [0.2, 0.25) is 11.8 Å². The summed E-state index contributed by atoms with van der Waals surface area (Å²) in [6.07, 6.45) is 0. The maximum atomic E-state index is 12.4. The fraction of sp³-hybridized carbons (Fsp3) is 0.211. The fourth-order valence-electron chi connectivity index (χ4n) is 2.48. The summed E-state index contributed by atoms with van der Waals surface area (Å²) in [7, 11) is 0. The third kappa shape index (κ3) is 6.16. The zero-order chi connectivity index (χ0) is 22.3. The average molecular weight is 453 g/mol. The molecule has 0 fully saturated rings. The van der Waals surface area contributed by atoms with E-state index in [1.54, 1.807) is 25.1 Å². The maximum absolute atomic E-state index is 12.4. The van der Waals surface area contributed by atoms with E-state index in [4.69, 9.17) is 23.2 Å². The summed E-state index contributed by atoms with van der Waals surface area (Å²) in [6.45, 7) is 1.24. The number of likely N-dealkylation sites (N-methyl/N-ethyl adjacent to an activating group) is 1. The number of nitrogens with one attached hydrogen (secondary N) is 2. The Bertz CT molecular complexity index is 963. The number of anilines is 1. The molecule has 0 aromatic heterocycles. The molecule has 2 aromatic rings. The first-order valence-electron chi connectivity index (χ1n) is 8.77. The average Bonchev–Trinajstić information content (AvgIpc) is 2.72. The monoisotopic (exact) mass is 452 g/mol. The second kappa shape index (κ2) is 10.6. The molecular formula is C19H18Cl2N4O5. The molecule has 2 N–H and O–H groups in total. The maximum Gasteiger partial charge on any atom is 0.270 e. The molecule has 2 aromatic carbocycles. The van der Waals surface area contributed by atoms with E-state index in [1.807, 2.05) is 0 Å². The highest BCUT2D eigenvalue weighted by Crippen LogP contribution is 2.29. The smallest absolute Gasteiger partial charge is 0.270 e. The van der Waals surface area contributed by atoms with Gasteiger partial charge in [-0.25, -0.2) is 0 Å². The summed E-state index contributed by atoms with van der Waals surface area (Å²) >= 11 is 12.0. The number of rotatable bonds is 8. The lowest BCUT2D eigenvalue weighted by molar-refractivity contribution is -0.384. The molecule has 0 heterocycles. The van der Waals surface area contributed by atoms with Crippen LogP contribution in [0.15, 0.2) is 42.5 Å². The van der Waals surface area contributed by atoms with E-state index in [1.165, 1.54) is 23.1 Å². The second-order valence-corrected chi connectivity index (χ2v) is 6.86.